The molecule has 0 fully saturated rings. The molecule has 0 aliphatic heterocycles. The average Bonchev–Trinajstić information content (AvgIpc) is 2.99. The SMILES string of the molecule is CCOC(=O)/C=C(/C(=O)OCC)c1cc(C(c2ccccc2)(c2ccccc2)c2ccccc2)ccc1OC(C)=O. The number of rotatable bonds is 10. The van der Waals surface area contributed by atoms with Gasteiger partial charge in [-0.3, -0.25) is 4.79 Å². The summed E-state index contributed by atoms with van der Waals surface area (Å²) in [5.41, 5.74) is 3.05. The van der Waals surface area contributed by atoms with E-state index in [0.717, 1.165) is 28.3 Å². The lowest BCUT2D eigenvalue weighted by molar-refractivity contribution is -0.139. The van der Waals surface area contributed by atoms with Crippen LogP contribution in [0.15, 0.2) is 115 Å². The van der Waals surface area contributed by atoms with E-state index in [4.69, 9.17) is 14.2 Å². The van der Waals surface area contributed by atoms with Crippen molar-refractivity contribution in [1.82, 2.24) is 0 Å². The largest absolute Gasteiger partial charge is 0.463 e. The van der Waals surface area contributed by atoms with Crippen LogP contribution in [-0.4, -0.2) is 31.1 Å². The fourth-order valence-electron chi connectivity index (χ4n) is 5.04. The normalized spacial score (nSPS) is 11.4. The van der Waals surface area contributed by atoms with Gasteiger partial charge in [0.15, 0.2) is 0 Å². The van der Waals surface area contributed by atoms with Gasteiger partial charge in [-0.15, -0.1) is 0 Å². The van der Waals surface area contributed by atoms with Crippen LogP contribution in [0.4, 0.5) is 0 Å². The number of hydrogen-bond acceptors (Lipinski definition) is 6. The molecular formula is C35H32O6. The number of hydrogen-bond donors (Lipinski definition) is 0. The van der Waals surface area contributed by atoms with Crippen molar-refractivity contribution in [3.8, 4) is 5.75 Å². The second kappa shape index (κ2) is 13.4. The van der Waals surface area contributed by atoms with Gasteiger partial charge in [0, 0.05) is 18.6 Å². The van der Waals surface area contributed by atoms with E-state index in [9.17, 15) is 14.4 Å². The van der Waals surface area contributed by atoms with Crippen LogP contribution in [0.5, 0.6) is 5.75 Å². The second-order valence-electron chi connectivity index (χ2n) is 9.18. The highest BCUT2D eigenvalue weighted by Gasteiger charge is 2.39. The monoisotopic (exact) mass is 548 g/mol. The van der Waals surface area contributed by atoms with Gasteiger partial charge in [0.05, 0.1) is 24.2 Å². The molecule has 0 saturated carbocycles. The smallest absolute Gasteiger partial charge is 0.339 e. The van der Waals surface area contributed by atoms with Crippen LogP contribution in [0.3, 0.4) is 0 Å². The summed E-state index contributed by atoms with van der Waals surface area (Å²) in [6.07, 6.45) is 1.09. The Kier molecular flexibility index (Phi) is 9.48. The van der Waals surface area contributed by atoms with Crippen molar-refractivity contribution in [3.05, 3.63) is 143 Å². The van der Waals surface area contributed by atoms with E-state index in [1.807, 2.05) is 60.7 Å². The first-order valence-corrected chi connectivity index (χ1v) is 13.5. The Labute approximate surface area is 240 Å². The quantitative estimate of drug-likeness (QED) is 0.0974. The van der Waals surface area contributed by atoms with Gasteiger partial charge in [0.25, 0.3) is 0 Å². The summed E-state index contributed by atoms with van der Waals surface area (Å²) in [5, 5.41) is 0. The highest BCUT2D eigenvalue weighted by Crippen LogP contribution is 2.46. The first-order valence-electron chi connectivity index (χ1n) is 13.5. The first-order chi connectivity index (χ1) is 19.9. The molecule has 0 aliphatic rings. The summed E-state index contributed by atoms with van der Waals surface area (Å²) in [7, 11) is 0. The summed E-state index contributed by atoms with van der Waals surface area (Å²) in [6, 6.07) is 35.4. The van der Waals surface area contributed by atoms with E-state index < -0.39 is 23.3 Å². The van der Waals surface area contributed by atoms with E-state index in [2.05, 4.69) is 36.4 Å². The molecule has 4 aromatic carbocycles. The maximum absolute atomic E-state index is 13.3. The van der Waals surface area contributed by atoms with Gasteiger partial charge < -0.3 is 14.2 Å². The fourth-order valence-corrected chi connectivity index (χ4v) is 5.04. The van der Waals surface area contributed by atoms with Crippen molar-refractivity contribution in [2.75, 3.05) is 13.2 Å². The minimum absolute atomic E-state index is 0.0773. The number of esters is 3. The molecule has 0 spiro atoms. The van der Waals surface area contributed by atoms with Gasteiger partial charge in [0.1, 0.15) is 5.75 Å². The Balaban J connectivity index is 2.12. The predicted molar refractivity (Wildman–Crippen MR) is 157 cm³/mol. The third kappa shape index (κ3) is 6.28. The summed E-state index contributed by atoms with van der Waals surface area (Å²) in [5.74, 6) is -1.90. The van der Waals surface area contributed by atoms with Gasteiger partial charge >= 0.3 is 17.9 Å². The summed E-state index contributed by atoms with van der Waals surface area (Å²) < 4.78 is 16.0. The van der Waals surface area contributed by atoms with E-state index >= 15 is 0 Å². The van der Waals surface area contributed by atoms with Gasteiger partial charge in [-0.25, -0.2) is 9.59 Å². The molecule has 0 bridgehead atoms. The first kappa shape index (κ1) is 29.0. The van der Waals surface area contributed by atoms with Crippen LogP contribution in [-0.2, 0) is 29.3 Å². The Morgan fingerprint density at radius 1 is 0.659 bits per heavy atom. The van der Waals surface area contributed by atoms with Gasteiger partial charge in [-0.05, 0) is 48.2 Å². The van der Waals surface area contributed by atoms with Crippen LogP contribution in [0.2, 0.25) is 0 Å². The number of benzene rings is 4. The molecule has 0 amide bonds. The van der Waals surface area contributed by atoms with E-state index in [1.165, 1.54) is 6.92 Å². The molecule has 0 N–H and O–H groups in total. The minimum atomic E-state index is -0.836. The highest BCUT2D eigenvalue weighted by atomic mass is 16.5. The lowest BCUT2D eigenvalue weighted by Gasteiger charge is -2.37. The molecule has 0 aliphatic carbocycles. The van der Waals surface area contributed by atoms with Crippen molar-refractivity contribution in [1.29, 1.82) is 0 Å². The molecule has 6 nitrogen and oxygen atoms in total. The Morgan fingerprint density at radius 2 is 1.15 bits per heavy atom. The molecule has 0 unspecified atom stereocenters. The van der Waals surface area contributed by atoms with Crippen LogP contribution < -0.4 is 4.74 Å². The van der Waals surface area contributed by atoms with E-state index in [1.54, 1.807) is 26.0 Å². The lowest BCUT2D eigenvalue weighted by atomic mass is 9.65. The molecule has 4 aromatic rings. The maximum Gasteiger partial charge on any atom is 0.339 e. The number of carbonyl (C=O) groups is 3. The Morgan fingerprint density at radius 3 is 1.59 bits per heavy atom. The highest BCUT2D eigenvalue weighted by molar-refractivity contribution is 6.21. The minimum Gasteiger partial charge on any atom is -0.463 e. The van der Waals surface area contributed by atoms with E-state index in [-0.39, 0.29) is 30.1 Å². The van der Waals surface area contributed by atoms with Crippen molar-refractivity contribution < 1.29 is 28.6 Å². The van der Waals surface area contributed by atoms with E-state index in [0.29, 0.717) is 0 Å². The topological polar surface area (TPSA) is 78.9 Å². The molecule has 0 atom stereocenters. The van der Waals surface area contributed by atoms with Crippen molar-refractivity contribution in [3.63, 3.8) is 0 Å². The molecule has 6 heteroatoms. The molecule has 41 heavy (non-hydrogen) atoms. The molecule has 0 radical (unpaired) electrons. The predicted octanol–water partition coefficient (Wildman–Crippen LogP) is 6.50. The molecule has 0 saturated heterocycles. The van der Waals surface area contributed by atoms with Crippen LogP contribution >= 0.6 is 0 Å². The number of ether oxygens (including phenoxy) is 3. The molecule has 0 aromatic heterocycles. The zero-order chi connectivity index (χ0) is 29.2. The van der Waals surface area contributed by atoms with Crippen molar-refractivity contribution in [2.45, 2.75) is 26.2 Å². The van der Waals surface area contributed by atoms with Gasteiger partial charge in [-0.2, -0.15) is 0 Å². The van der Waals surface area contributed by atoms with Crippen LogP contribution in [0, 0.1) is 0 Å². The second-order valence-corrected chi connectivity index (χ2v) is 9.18. The van der Waals surface area contributed by atoms with Gasteiger partial charge in [0.2, 0.25) is 0 Å². The summed E-state index contributed by atoms with van der Waals surface area (Å²) >= 11 is 0. The van der Waals surface area contributed by atoms with Crippen LogP contribution in [0.1, 0.15) is 48.6 Å². The molecular weight excluding hydrogens is 516 g/mol. The third-order valence-corrected chi connectivity index (χ3v) is 6.62. The average molecular weight is 549 g/mol. The van der Waals surface area contributed by atoms with Gasteiger partial charge in [-0.1, -0.05) is 97.1 Å². The molecule has 208 valence electrons. The zero-order valence-corrected chi connectivity index (χ0v) is 23.3. The standard InChI is InChI=1S/C35H32O6/c1-4-39-33(37)24-31(34(38)40-5-2)30-23-29(21-22-32(30)41-25(3)36)35(26-15-9-6-10-16-26,27-17-11-7-12-18-27)28-19-13-8-14-20-28/h6-24H,4-5H2,1-3H3/b31-24+. The van der Waals surface area contributed by atoms with Crippen LogP contribution in [0.25, 0.3) is 5.57 Å². The summed E-state index contributed by atoms with van der Waals surface area (Å²) in [6.45, 7) is 4.84. The lowest BCUT2D eigenvalue weighted by Crippen LogP contribution is -2.31. The Hall–Kier alpha value is -4.97. The maximum atomic E-state index is 13.3. The fraction of sp³-hybridized carbons (Fsp3) is 0.171. The summed E-state index contributed by atoms with van der Waals surface area (Å²) in [4.78, 5) is 38.0. The van der Waals surface area contributed by atoms with Crippen molar-refractivity contribution >= 4 is 23.5 Å². The number of carbonyl (C=O) groups excluding carboxylic acids is 3. The van der Waals surface area contributed by atoms with Crippen molar-refractivity contribution in [2.24, 2.45) is 0 Å². The Bertz CT molecular complexity index is 1430. The molecule has 4 rings (SSSR count). The zero-order valence-electron chi connectivity index (χ0n) is 23.3. The third-order valence-electron chi connectivity index (χ3n) is 6.62. The molecule has 0 heterocycles.